The monoisotopic (exact) mass is 217 g/mol. The molecule has 16 heavy (non-hydrogen) atoms. The van der Waals surface area contributed by atoms with Crippen molar-refractivity contribution < 1.29 is 9.18 Å². The number of halogens is 1. The molecule has 0 aliphatic carbocycles. The normalized spacial score (nSPS) is 19.8. The summed E-state index contributed by atoms with van der Waals surface area (Å²) < 4.78 is 12.8. The van der Waals surface area contributed by atoms with Crippen LogP contribution in [0.2, 0.25) is 0 Å². The molecule has 1 unspecified atom stereocenters. The third kappa shape index (κ3) is 2.05. The number of allylic oxidation sites excluding steroid dienone is 1. The summed E-state index contributed by atoms with van der Waals surface area (Å²) in [6.07, 6.45) is 3.85. The van der Waals surface area contributed by atoms with Gasteiger partial charge in [0.15, 0.2) is 0 Å². The van der Waals surface area contributed by atoms with E-state index in [9.17, 15) is 9.18 Å². The molecule has 82 valence electrons. The van der Waals surface area contributed by atoms with Gasteiger partial charge in [-0.15, -0.1) is 0 Å². The minimum Gasteiger partial charge on any atom is -0.376 e. The van der Waals surface area contributed by atoms with E-state index >= 15 is 0 Å². The van der Waals surface area contributed by atoms with Crippen molar-refractivity contribution in [1.82, 2.24) is 4.90 Å². The Balaban J connectivity index is 2.36. The molecule has 2 nitrogen and oxygen atoms in total. The average molecular weight is 217 g/mol. The van der Waals surface area contributed by atoms with E-state index in [4.69, 9.17) is 0 Å². The van der Waals surface area contributed by atoms with Crippen LogP contribution in [0.1, 0.15) is 11.5 Å². The van der Waals surface area contributed by atoms with Crippen LogP contribution < -0.4 is 0 Å². The predicted molar refractivity (Wildman–Crippen MR) is 60.1 cm³/mol. The smallest absolute Gasteiger partial charge is 0.126 e. The van der Waals surface area contributed by atoms with E-state index in [-0.39, 0.29) is 11.7 Å². The van der Waals surface area contributed by atoms with Crippen LogP contribution in [-0.4, -0.2) is 24.4 Å². The molecule has 1 aromatic carbocycles. The van der Waals surface area contributed by atoms with Crippen molar-refractivity contribution in [3.63, 3.8) is 0 Å². The van der Waals surface area contributed by atoms with Gasteiger partial charge in [0, 0.05) is 25.1 Å². The van der Waals surface area contributed by atoms with E-state index in [2.05, 4.69) is 0 Å². The van der Waals surface area contributed by atoms with E-state index in [1.807, 2.05) is 30.2 Å². The zero-order valence-electron chi connectivity index (χ0n) is 8.98. The van der Waals surface area contributed by atoms with Gasteiger partial charge in [0.05, 0.1) is 0 Å². The highest BCUT2D eigenvalue weighted by atomic mass is 19.1. The first-order valence-corrected chi connectivity index (χ1v) is 5.08. The van der Waals surface area contributed by atoms with Crippen LogP contribution in [0.25, 0.3) is 0 Å². The summed E-state index contributed by atoms with van der Waals surface area (Å²) in [5, 5.41) is 0. The van der Waals surface area contributed by atoms with Crippen LogP contribution in [0.5, 0.6) is 0 Å². The first-order valence-electron chi connectivity index (χ1n) is 5.08. The summed E-state index contributed by atoms with van der Waals surface area (Å²) >= 11 is 0. The zero-order chi connectivity index (χ0) is 11.5. The summed E-state index contributed by atoms with van der Waals surface area (Å²) in [6.45, 7) is 0.571. The zero-order valence-corrected chi connectivity index (χ0v) is 8.98. The lowest BCUT2D eigenvalue weighted by Gasteiger charge is -2.25. The van der Waals surface area contributed by atoms with Gasteiger partial charge in [-0.2, -0.15) is 0 Å². The molecule has 0 saturated carbocycles. The number of rotatable bonds is 1. The lowest BCUT2D eigenvalue weighted by molar-refractivity contribution is 0.466. The minimum atomic E-state index is -0.266. The highest BCUT2D eigenvalue weighted by Crippen LogP contribution is 2.28. The Labute approximate surface area is 93.7 Å². The van der Waals surface area contributed by atoms with E-state index in [0.717, 1.165) is 5.56 Å². The molecule has 0 radical (unpaired) electrons. The Morgan fingerprint density at radius 1 is 1.38 bits per heavy atom. The summed E-state index contributed by atoms with van der Waals surface area (Å²) in [4.78, 5) is 12.8. The minimum absolute atomic E-state index is 0.0747. The number of likely N-dealkylation sites (N-methyl/N-ethyl adjacent to an activating group) is 1. The summed E-state index contributed by atoms with van der Waals surface area (Å²) in [5.74, 6) is 1.64. The molecule has 1 heterocycles. The molecular formula is C13H12FNO. The van der Waals surface area contributed by atoms with Gasteiger partial charge < -0.3 is 4.90 Å². The van der Waals surface area contributed by atoms with Crippen molar-refractivity contribution in [2.45, 2.75) is 5.92 Å². The van der Waals surface area contributed by atoms with Gasteiger partial charge in [-0.3, -0.25) is 0 Å². The van der Waals surface area contributed by atoms with E-state index < -0.39 is 0 Å². The molecule has 2 rings (SSSR count). The summed E-state index contributed by atoms with van der Waals surface area (Å²) in [5.41, 5.74) is 1.60. The number of benzene rings is 1. The lowest BCUT2D eigenvalue weighted by atomic mass is 9.90. The van der Waals surface area contributed by atoms with Gasteiger partial charge in [-0.05, 0) is 23.9 Å². The fraction of sp³-hybridized carbons (Fsp3) is 0.231. The number of hydrogen-bond acceptors (Lipinski definition) is 2. The van der Waals surface area contributed by atoms with Crippen molar-refractivity contribution in [2.24, 2.45) is 0 Å². The molecule has 0 fully saturated rings. The first kappa shape index (κ1) is 10.7. The molecule has 1 atom stereocenters. The van der Waals surface area contributed by atoms with Crippen molar-refractivity contribution in [2.75, 3.05) is 13.6 Å². The molecule has 1 aromatic rings. The third-order valence-corrected chi connectivity index (χ3v) is 2.69. The maximum atomic E-state index is 12.8. The van der Waals surface area contributed by atoms with Crippen LogP contribution in [0.15, 0.2) is 42.1 Å². The number of carbonyl (C=O) groups excluding carboxylic acids is 1. The maximum Gasteiger partial charge on any atom is 0.126 e. The highest BCUT2D eigenvalue weighted by molar-refractivity contribution is 5.59. The van der Waals surface area contributed by atoms with E-state index in [1.165, 1.54) is 12.1 Å². The standard InChI is InChI=1S/C13H12FNO/c1-15-7-6-13(11(8-15)9-16)10-2-4-12(14)5-3-10/h2-7,13H,8H2,1H3. The molecule has 0 saturated heterocycles. The number of nitrogens with zero attached hydrogens (tertiary/aromatic N) is 1. The second-order valence-electron chi connectivity index (χ2n) is 3.91. The second-order valence-corrected chi connectivity index (χ2v) is 3.91. The Kier molecular flexibility index (Phi) is 2.88. The molecular weight excluding hydrogens is 205 g/mol. The van der Waals surface area contributed by atoms with Gasteiger partial charge >= 0.3 is 0 Å². The van der Waals surface area contributed by atoms with Crippen molar-refractivity contribution >= 4 is 5.94 Å². The van der Waals surface area contributed by atoms with Crippen molar-refractivity contribution in [3.05, 3.63) is 53.5 Å². The molecule has 0 bridgehead atoms. The molecule has 0 N–H and O–H groups in total. The molecule has 0 amide bonds. The SMILES string of the molecule is CN1C=CC(c2ccc(F)cc2)C(=C=O)C1. The Hall–Kier alpha value is -1.86. The van der Waals surface area contributed by atoms with Crippen LogP contribution in [0.3, 0.4) is 0 Å². The fourth-order valence-electron chi connectivity index (χ4n) is 1.85. The first-order chi connectivity index (χ1) is 7.70. The van der Waals surface area contributed by atoms with Gasteiger partial charge in [0.1, 0.15) is 11.8 Å². The van der Waals surface area contributed by atoms with Crippen molar-refractivity contribution in [1.29, 1.82) is 0 Å². The average Bonchev–Trinajstić information content (AvgIpc) is 2.30. The highest BCUT2D eigenvalue weighted by Gasteiger charge is 2.19. The van der Waals surface area contributed by atoms with Crippen molar-refractivity contribution in [3.8, 4) is 0 Å². The van der Waals surface area contributed by atoms with Crippen LogP contribution in [-0.2, 0) is 4.79 Å². The van der Waals surface area contributed by atoms with Gasteiger partial charge in [-0.25, -0.2) is 9.18 Å². The maximum absolute atomic E-state index is 12.8. The van der Waals surface area contributed by atoms with E-state index in [1.54, 1.807) is 12.1 Å². The largest absolute Gasteiger partial charge is 0.376 e. The van der Waals surface area contributed by atoms with Gasteiger partial charge in [0.25, 0.3) is 0 Å². The van der Waals surface area contributed by atoms with E-state index in [0.29, 0.717) is 12.1 Å². The fourth-order valence-corrected chi connectivity index (χ4v) is 1.85. The van der Waals surface area contributed by atoms with Crippen LogP contribution in [0, 0.1) is 5.82 Å². The van der Waals surface area contributed by atoms with Crippen LogP contribution >= 0.6 is 0 Å². The summed E-state index contributed by atoms with van der Waals surface area (Å²) in [7, 11) is 1.90. The quantitative estimate of drug-likeness (QED) is 0.672. The van der Waals surface area contributed by atoms with Gasteiger partial charge in [-0.1, -0.05) is 18.2 Å². The second kappa shape index (κ2) is 4.33. The molecule has 3 heteroatoms. The molecule has 1 aliphatic heterocycles. The summed E-state index contributed by atoms with van der Waals surface area (Å²) in [6, 6.07) is 6.22. The molecule has 0 aromatic heterocycles. The Bertz CT molecular complexity index is 457. The third-order valence-electron chi connectivity index (χ3n) is 2.69. The van der Waals surface area contributed by atoms with Crippen LogP contribution in [0.4, 0.5) is 4.39 Å². The Morgan fingerprint density at radius 3 is 2.69 bits per heavy atom. The topological polar surface area (TPSA) is 20.3 Å². The number of hydrogen-bond donors (Lipinski definition) is 0. The molecule has 0 spiro atoms. The Morgan fingerprint density at radius 2 is 2.06 bits per heavy atom. The molecule has 1 aliphatic rings. The van der Waals surface area contributed by atoms with Gasteiger partial charge in [0.2, 0.25) is 0 Å². The predicted octanol–water partition coefficient (Wildman–Crippen LogP) is 2.13. The lowest BCUT2D eigenvalue weighted by Crippen LogP contribution is -2.22.